The number of hydrogen-bond acceptors (Lipinski definition) is 5. The lowest BCUT2D eigenvalue weighted by Crippen LogP contribution is -2.14. The van der Waals surface area contributed by atoms with E-state index in [9.17, 15) is 13.2 Å². The monoisotopic (exact) mass is 514 g/mol. The molecule has 3 aromatic rings. The molecule has 0 N–H and O–H groups in total. The van der Waals surface area contributed by atoms with E-state index in [2.05, 4.69) is 15.9 Å². The predicted molar refractivity (Wildman–Crippen MR) is 129 cm³/mol. The van der Waals surface area contributed by atoms with E-state index < -0.39 is 15.6 Å². The number of halogens is 1. The number of Topliss-reactive ketones (excluding diaryl/α,β-unsaturated/α-hetero) is 1. The van der Waals surface area contributed by atoms with Crippen LogP contribution >= 0.6 is 15.9 Å². The average molecular weight is 515 g/mol. The first-order valence-electron chi connectivity index (χ1n) is 9.91. The molecule has 0 aromatic heterocycles. The number of allylic oxidation sites excluding steroid dienone is 1. The topological polar surface area (TPSA) is 69.7 Å². The van der Waals surface area contributed by atoms with Gasteiger partial charge in [-0.05, 0) is 74.0 Å². The molecule has 0 aliphatic heterocycles. The molecule has 3 rings (SSSR count). The zero-order chi connectivity index (χ0) is 23.3. The highest BCUT2D eigenvalue weighted by molar-refractivity contribution is 9.10. The maximum absolute atomic E-state index is 13.5. The van der Waals surface area contributed by atoms with E-state index in [-0.39, 0.29) is 15.4 Å². The van der Waals surface area contributed by atoms with Gasteiger partial charge in [-0.25, -0.2) is 8.42 Å². The number of hydrogen-bond donors (Lipinski definition) is 0. The summed E-state index contributed by atoms with van der Waals surface area (Å²) in [7, 11) is -2.58. The van der Waals surface area contributed by atoms with Crippen LogP contribution in [0.2, 0.25) is 0 Å². The standard InChI is InChI=1S/C25H23BrO5S/c1-4-31-22-14-7-18(15-23(22)30-3)16-24(25(27)19-8-10-20(26)11-9-19)32(28,29)21-12-5-17(2)6-13-21/h5-16H,4H2,1-3H3/b24-16+. The smallest absolute Gasteiger partial charge is 0.210 e. The molecule has 3 aromatic carbocycles. The number of carbonyl (C=O) groups excluding carboxylic acids is 1. The predicted octanol–water partition coefficient (Wildman–Crippen LogP) is 5.86. The lowest BCUT2D eigenvalue weighted by atomic mass is 10.1. The molecule has 0 aliphatic rings. The minimum Gasteiger partial charge on any atom is -0.493 e. The van der Waals surface area contributed by atoms with Crippen LogP contribution < -0.4 is 9.47 Å². The molecule has 32 heavy (non-hydrogen) atoms. The van der Waals surface area contributed by atoms with Crippen LogP contribution in [-0.4, -0.2) is 27.9 Å². The summed E-state index contributed by atoms with van der Waals surface area (Å²) in [6.45, 7) is 4.18. The number of carbonyl (C=O) groups is 1. The quantitative estimate of drug-likeness (QED) is 0.278. The molecular weight excluding hydrogens is 492 g/mol. The van der Waals surface area contributed by atoms with Crippen LogP contribution in [0.1, 0.15) is 28.4 Å². The van der Waals surface area contributed by atoms with Crippen LogP contribution in [0.3, 0.4) is 0 Å². The van der Waals surface area contributed by atoms with E-state index in [4.69, 9.17) is 9.47 Å². The summed E-state index contributed by atoms with van der Waals surface area (Å²) in [5.74, 6) is 0.393. The molecule has 0 saturated carbocycles. The third-order valence-corrected chi connectivity index (χ3v) is 7.04. The van der Waals surface area contributed by atoms with Crippen molar-refractivity contribution in [3.05, 3.63) is 92.8 Å². The Kier molecular flexibility index (Phi) is 7.53. The van der Waals surface area contributed by atoms with Gasteiger partial charge in [0.15, 0.2) is 11.5 Å². The molecule has 0 amide bonds. The van der Waals surface area contributed by atoms with Crippen LogP contribution in [-0.2, 0) is 9.84 Å². The number of benzene rings is 3. The zero-order valence-electron chi connectivity index (χ0n) is 18.0. The fraction of sp³-hybridized carbons (Fsp3) is 0.160. The highest BCUT2D eigenvalue weighted by Gasteiger charge is 2.28. The van der Waals surface area contributed by atoms with Crippen molar-refractivity contribution in [1.29, 1.82) is 0 Å². The van der Waals surface area contributed by atoms with E-state index in [0.29, 0.717) is 23.7 Å². The second-order valence-electron chi connectivity index (χ2n) is 7.00. The SMILES string of the molecule is CCOc1ccc(/C=C(\C(=O)c2ccc(Br)cc2)S(=O)(=O)c2ccc(C)cc2)cc1OC. The maximum atomic E-state index is 13.5. The zero-order valence-corrected chi connectivity index (χ0v) is 20.4. The Balaban J connectivity index is 2.17. The normalized spacial score (nSPS) is 11.8. The molecule has 0 spiro atoms. The van der Waals surface area contributed by atoms with Crippen molar-refractivity contribution in [2.75, 3.05) is 13.7 Å². The molecular formula is C25H23BrO5S. The molecule has 0 bridgehead atoms. The van der Waals surface area contributed by atoms with E-state index in [0.717, 1.165) is 10.0 Å². The molecule has 5 nitrogen and oxygen atoms in total. The summed E-state index contributed by atoms with van der Waals surface area (Å²) < 4.78 is 38.7. The van der Waals surface area contributed by atoms with Crippen molar-refractivity contribution in [1.82, 2.24) is 0 Å². The number of methoxy groups -OCH3 is 1. The fourth-order valence-electron chi connectivity index (χ4n) is 3.05. The third-order valence-electron chi connectivity index (χ3n) is 4.74. The first-order valence-corrected chi connectivity index (χ1v) is 12.2. The Morgan fingerprint density at radius 2 is 1.62 bits per heavy atom. The van der Waals surface area contributed by atoms with Crippen molar-refractivity contribution in [2.45, 2.75) is 18.7 Å². The molecule has 0 radical (unpaired) electrons. The second kappa shape index (κ2) is 10.1. The van der Waals surface area contributed by atoms with Crippen LogP contribution in [0.25, 0.3) is 6.08 Å². The lowest BCUT2D eigenvalue weighted by molar-refractivity contribution is 0.104. The Labute approximate surface area is 196 Å². The highest BCUT2D eigenvalue weighted by Crippen LogP contribution is 2.31. The minimum atomic E-state index is -4.09. The van der Waals surface area contributed by atoms with Crippen molar-refractivity contribution in [3.8, 4) is 11.5 Å². The molecule has 166 valence electrons. The van der Waals surface area contributed by atoms with Gasteiger partial charge in [0.05, 0.1) is 18.6 Å². The van der Waals surface area contributed by atoms with Gasteiger partial charge in [-0.15, -0.1) is 0 Å². The molecule has 7 heteroatoms. The van der Waals surface area contributed by atoms with Crippen LogP contribution in [0.4, 0.5) is 0 Å². The molecule has 0 atom stereocenters. The summed E-state index contributed by atoms with van der Waals surface area (Å²) in [6, 6.07) is 18.0. The summed E-state index contributed by atoms with van der Waals surface area (Å²) in [4.78, 5) is 13.1. The van der Waals surface area contributed by atoms with Gasteiger partial charge in [0.1, 0.15) is 4.91 Å². The van der Waals surface area contributed by atoms with Crippen molar-refractivity contribution in [2.24, 2.45) is 0 Å². The Morgan fingerprint density at radius 1 is 0.969 bits per heavy atom. The fourth-order valence-corrected chi connectivity index (χ4v) is 4.72. The van der Waals surface area contributed by atoms with Gasteiger partial charge in [0.2, 0.25) is 15.6 Å². The van der Waals surface area contributed by atoms with E-state index in [1.807, 2.05) is 13.8 Å². The Bertz CT molecular complexity index is 1240. The highest BCUT2D eigenvalue weighted by atomic mass is 79.9. The van der Waals surface area contributed by atoms with Crippen molar-refractivity contribution in [3.63, 3.8) is 0 Å². The van der Waals surface area contributed by atoms with E-state index in [1.54, 1.807) is 54.6 Å². The number of aryl methyl sites for hydroxylation is 1. The van der Waals surface area contributed by atoms with Crippen LogP contribution in [0.5, 0.6) is 11.5 Å². The van der Waals surface area contributed by atoms with Gasteiger partial charge < -0.3 is 9.47 Å². The van der Waals surface area contributed by atoms with Crippen LogP contribution in [0, 0.1) is 6.92 Å². The number of rotatable bonds is 8. The second-order valence-corrected chi connectivity index (χ2v) is 9.84. The van der Waals surface area contributed by atoms with Gasteiger partial charge in [0, 0.05) is 10.0 Å². The minimum absolute atomic E-state index is 0.0534. The summed E-state index contributed by atoms with van der Waals surface area (Å²) >= 11 is 3.33. The van der Waals surface area contributed by atoms with Crippen LogP contribution in [0.15, 0.2) is 81.0 Å². The first-order chi connectivity index (χ1) is 15.3. The van der Waals surface area contributed by atoms with Gasteiger partial charge in [-0.2, -0.15) is 0 Å². The van der Waals surface area contributed by atoms with Gasteiger partial charge >= 0.3 is 0 Å². The third kappa shape index (κ3) is 5.29. The van der Waals surface area contributed by atoms with E-state index in [1.165, 1.54) is 25.3 Å². The Morgan fingerprint density at radius 3 is 2.22 bits per heavy atom. The summed E-state index contributed by atoms with van der Waals surface area (Å²) in [5, 5.41) is 0. The number of ether oxygens (including phenoxy) is 2. The molecule has 0 saturated heterocycles. The van der Waals surface area contributed by atoms with Crippen molar-refractivity contribution >= 4 is 37.6 Å². The lowest BCUT2D eigenvalue weighted by Gasteiger charge is -2.12. The van der Waals surface area contributed by atoms with E-state index >= 15 is 0 Å². The van der Waals surface area contributed by atoms with Gasteiger partial charge in [-0.3, -0.25) is 4.79 Å². The molecule has 0 aliphatic carbocycles. The summed E-state index contributed by atoms with van der Waals surface area (Å²) in [5.41, 5.74) is 1.69. The largest absolute Gasteiger partial charge is 0.493 e. The first kappa shape index (κ1) is 23.8. The Hall–Kier alpha value is -2.90. The molecule has 0 unspecified atom stereocenters. The number of ketones is 1. The number of sulfone groups is 1. The molecule has 0 fully saturated rings. The van der Waals surface area contributed by atoms with Gasteiger partial charge in [-0.1, -0.05) is 39.7 Å². The van der Waals surface area contributed by atoms with Crippen molar-refractivity contribution < 1.29 is 22.7 Å². The molecule has 0 heterocycles. The average Bonchev–Trinajstić information content (AvgIpc) is 2.78. The van der Waals surface area contributed by atoms with Gasteiger partial charge in [0.25, 0.3) is 0 Å². The maximum Gasteiger partial charge on any atom is 0.210 e. The summed E-state index contributed by atoms with van der Waals surface area (Å²) in [6.07, 6.45) is 1.37.